The highest BCUT2D eigenvalue weighted by molar-refractivity contribution is 5.94. The molecule has 7 nitrogen and oxygen atoms in total. The van der Waals surface area contributed by atoms with Gasteiger partial charge in [0.2, 0.25) is 0 Å². The molecule has 7 heteroatoms. The molecule has 3 aromatic rings. The van der Waals surface area contributed by atoms with Crippen LogP contribution in [0.15, 0.2) is 42.5 Å². The molecule has 0 unspecified atom stereocenters. The van der Waals surface area contributed by atoms with Crippen molar-refractivity contribution in [1.82, 2.24) is 14.6 Å². The number of carbonyl (C=O) groups excluding carboxylic acids is 2. The fraction of sp³-hybridized carbons (Fsp3) is 0.125. The molecule has 116 valence electrons. The lowest BCUT2D eigenvalue weighted by atomic mass is 10.2. The maximum Gasteiger partial charge on any atom is 0.356 e. The van der Waals surface area contributed by atoms with Crippen molar-refractivity contribution >= 4 is 17.6 Å². The van der Waals surface area contributed by atoms with Crippen LogP contribution in [0.5, 0.6) is 0 Å². The molecule has 1 aromatic carbocycles. The molecule has 0 radical (unpaired) electrons. The molecular weight excluding hydrogens is 298 g/mol. The summed E-state index contributed by atoms with van der Waals surface area (Å²) >= 11 is 0. The Balaban J connectivity index is 2.23. The van der Waals surface area contributed by atoms with Crippen molar-refractivity contribution < 1.29 is 19.1 Å². The molecular formula is C16H13N3O4. The van der Waals surface area contributed by atoms with Gasteiger partial charge in [0, 0.05) is 17.7 Å². The number of methoxy groups -OCH3 is 2. The molecule has 2 aromatic heterocycles. The molecule has 0 saturated heterocycles. The molecule has 0 N–H and O–H groups in total. The first-order valence-electron chi connectivity index (χ1n) is 6.77. The number of aromatic nitrogens is 3. The van der Waals surface area contributed by atoms with E-state index in [0.717, 1.165) is 5.56 Å². The summed E-state index contributed by atoms with van der Waals surface area (Å²) in [5, 5.41) is 4.38. The minimum atomic E-state index is -0.639. The van der Waals surface area contributed by atoms with Crippen molar-refractivity contribution in [3.05, 3.63) is 53.9 Å². The van der Waals surface area contributed by atoms with E-state index >= 15 is 0 Å². The van der Waals surface area contributed by atoms with Crippen molar-refractivity contribution in [2.24, 2.45) is 0 Å². The zero-order chi connectivity index (χ0) is 16.4. The van der Waals surface area contributed by atoms with E-state index in [9.17, 15) is 9.59 Å². The molecule has 3 rings (SSSR count). The van der Waals surface area contributed by atoms with Crippen molar-refractivity contribution in [3.63, 3.8) is 0 Å². The Morgan fingerprint density at radius 1 is 1.00 bits per heavy atom. The van der Waals surface area contributed by atoms with Gasteiger partial charge in [-0.15, -0.1) is 0 Å². The van der Waals surface area contributed by atoms with E-state index in [4.69, 9.17) is 4.74 Å². The summed E-state index contributed by atoms with van der Waals surface area (Å²) in [5.74, 6) is -1.26. The number of nitrogens with zero attached hydrogens (tertiary/aromatic N) is 3. The molecule has 0 saturated carbocycles. The largest absolute Gasteiger partial charge is 0.464 e. The van der Waals surface area contributed by atoms with E-state index in [-0.39, 0.29) is 11.4 Å². The first-order chi connectivity index (χ1) is 11.1. The van der Waals surface area contributed by atoms with Gasteiger partial charge in [0.25, 0.3) is 0 Å². The van der Waals surface area contributed by atoms with Crippen LogP contribution in [0.1, 0.15) is 21.0 Å². The third-order valence-corrected chi connectivity index (χ3v) is 3.29. The summed E-state index contributed by atoms with van der Waals surface area (Å²) in [5.41, 5.74) is 1.96. The number of hydrogen-bond donors (Lipinski definition) is 0. The van der Waals surface area contributed by atoms with Crippen molar-refractivity contribution in [3.8, 4) is 11.3 Å². The first-order valence-corrected chi connectivity index (χ1v) is 6.77. The molecule has 0 atom stereocenters. The highest BCUT2D eigenvalue weighted by Gasteiger charge is 2.19. The quantitative estimate of drug-likeness (QED) is 0.688. The summed E-state index contributed by atoms with van der Waals surface area (Å²) in [6.45, 7) is 0. The van der Waals surface area contributed by atoms with Gasteiger partial charge in [-0.3, -0.25) is 0 Å². The Hall–Kier alpha value is -3.22. The van der Waals surface area contributed by atoms with Gasteiger partial charge in [-0.2, -0.15) is 5.10 Å². The normalized spacial score (nSPS) is 10.5. The van der Waals surface area contributed by atoms with Crippen molar-refractivity contribution in [2.45, 2.75) is 0 Å². The van der Waals surface area contributed by atoms with Gasteiger partial charge in [-0.1, -0.05) is 30.3 Å². The minimum Gasteiger partial charge on any atom is -0.464 e. The van der Waals surface area contributed by atoms with Gasteiger partial charge < -0.3 is 9.47 Å². The Morgan fingerprint density at radius 2 is 1.70 bits per heavy atom. The van der Waals surface area contributed by atoms with E-state index in [0.29, 0.717) is 11.3 Å². The second kappa shape index (κ2) is 5.88. The van der Waals surface area contributed by atoms with Gasteiger partial charge in [-0.25, -0.2) is 19.1 Å². The van der Waals surface area contributed by atoms with Crippen molar-refractivity contribution in [1.29, 1.82) is 0 Å². The number of ether oxygens (including phenoxy) is 2. The van der Waals surface area contributed by atoms with E-state index in [1.807, 2.05) is 30.3 Å². The molecule has 0 aliphatic rings. The maximum absolute atomic E-state index is 12.0. The Bertz CT molecular complexity index is 887. The number of esters is 2. The Labute approximate surface area is 131 Å². The Morgan fingerprint density at radius 3 is 2.35 bits per heavy atom. The highest BCUT2D eigenvalue weighted by atomic mass is 16.5. The fourth-order valence-corrected chi connectivity index (χ4v) is 2.18. The van der Waals surface area contributed by atoms with Crippen LogP contribution in [0.25, 0.3) is 16.9 Å². The van der Waals surface area contributed by atoms with Crippen LogP contribution < -0.4 is 0 Å². The fourth-order valence-electron chi connectivity index (χ4n) is 2.18. The summed E-state index contributed by atoms with van der Waals surface area (Å²) in [4.78, 5) is 27.9. The lowest BCUT2D eigenvalue weighted by Gasteiger charge is -2.05. The predicted octanol–water partition coefficient (Wildman–Crippen LogP) is 1.97. The van der Waals surface area contributed by atoms with Gasteiger partial charge in [0.15, 0.2) is 17.0 Å². The average molecular weight is 311 g/mol. The second-order valence-corrected chi connectivity index (χ2v) is 4.68. The molecule has 0 aliphatic heterocycles. The molecule has 2 heterocycles. The first kappa shape index (κ1) is 14.7. The minimum absolute atomic E-state index is 0.0138. The zero-order valence-corrected chi connectivity index (χ0v) is 12.5. The number of fused-ring (bicyclic) bond motifs is 1. The van der Waals surface area contributed by atoms with Gasteiger partial charge in [-0.05, 0) is 0 Å². The number of rotatable bonds is 3. The van der Waals surface area contributed by atoms with Crippen LogP contribution in [0.4, 0.5) is 0 Å². The van der Waals surface area contributed by atoms with E-state index in [1.165, 1.54) is 24.8 Å². The lowest BCUT2D eigenvalue weighted by Crippen LogP contribution is -2.14. The van der Waals surface area contributed by atoms with Crippen LogP contribution >= 0.6 is 0 Å². The summed E-state index contributed by atoms with van der Waals surface area (Å²) < 4.78 is 10.8. The average Bonchev–Trinajstić information content (AvgIpc) is 3.04. The van der Waals surface area contributed by atoms with Crippen LogP contribution in [0.3, 0.4) is 0 Å². The third-order valence-electron chi connectivity index (χ3n) is 3.29. The van der Waals surface area contributed by atoms with Crippen LogP contribution in [-0.4, -0.2) is 40.8 Å². The van der Waals surface area contributed by atoms with Crippen LogP contribution in [-0.2, 0) is 9.47 Å². The van der Waals surface area contributed by atoms with Gasteiger partial charge in [0.1, 0.15) is 0 Å². The topological polar surface area (TPSA) is 82.8 Å². The van der Waals surface area contributed by atoms with Crippen LogP contribution in [0, 0.1) is 0 Å². The monoisotopic (exact) mass is 311 g/mol. The number of hydrogen-bond acceptors (Lipinski definition) is 6. The third kappa shape index (κ3) is 2.64. The molecule has 0 fully saturated rings. The molecule has 0 bridgehead atoms. The van der Waals surface area contributed by atoms with Gasteiger partial charge >= 0.3 is 11.9 Å². The molecule has 0 spiro atoms. The number of carbonyl (C=O) groups is 2. The van der Waals surface area contributed by atoms with Gasteiger partial charge in [0.05, 0.1) is 19.9 Å². The van der Waals surface area contributed by atoms with Crippen LogP contribution in [0.2, 0.25) is 0 Å². The smallest absolute Gasteiger partial charge is 0.356 e. The Kier molecular flexibility index (Phi) is 3.76. The van der Waals surface area contributed by atoms with E-state index < -0.39 is 11.9 Å². The molecule has 0 aliphatic carbocycles. The van der Waals surface area contributed by atoms with Crippen molar-refractivity contribution in [2.75, 3.05) is 14.2 Å². The van der Waals surface area contributed by atoms with E-state index in [2.05, 4.69) is 14.8 Å². The highest BCUT2D eigenvalue weighted by Crippen LogP contribution is 2.20. The zero-order valence-electron chi connectivity index (χ0n) is 12.5. The SMILES string of the molecule is COC(=O)c1cc(C(=O)OC)n2nc(-c3ccccc3)cc2n1. The molecule has 23 heavy (non-hydrogen) atoms. The lowest BCUT2D eigenvalue weighted by molar-refractivity contribution is 0.0588. The number of benzene rings is 1. The second-order valence-electron chi connectivity index (χ2n) is 4.68. The van der Waals surface area contributed by atoms with E-state index in [1.54, 1.807) is 6.07 Å². The summed E-state index contributed by atoms with van der Waals surface area (Å²) in [7, 11) is 2.51. The molecule has 0 amide bonds. The summed E-state index contributed by atoms with van der Waals surface area (Å²) in [6, 6.07) is 12.4. The standard InChI is InChI=1S/C16H13N3O4/c1-22-15(20)12-8-13(16(21)23-2)19-14(17-12)9-11(18-19)10-6-4-3-5-7-10/h3-9H,1-2H3. The summed E-state index contributed by atoms with van der Waals surface area (Å²) in [6.07, 6.45) is 0. The predicted molar refractivity (Wildman–Crippen MR) is 81.1 cm³/mol. The maximum atomic E-state index is 12.0.